The van der Waals surface area contributed by atoms with Crippen LogP contribution in [-0.4, -0.2) is 47.5 Å². The van der Waals surface area contributed by atoms with E-state index >= 15 is 0 Å². The molecule has 0 heterocycles. The summed E-state index contributed by atoms with van der Waals surface area (Å²) in [6.45, 7) is 15.9. The van der Waals surface area contributed by atoms with Crippen LogP contribution in [0.3, 0.4) is 0 Å². The number of hydrogen-bond donors (Lipinski definition) is 2. The lowest BCUT2D eigenvalue weighted by Crippen LogP contribution is -2.55. The van der Waals surface area contributed by atoms with Gasteiger partial charge in [-0.3, -0.25) is 9.59 Å². The summed E-state index contributed by atoms with van der Waals surface area (Å²) in [5, 5.41) is 5.76. The third-order valence-corrected chi connectivity index (χ3v) is 5.65. The lowest BCUT2D eigenvalue weighted by Gasteiger charge is -2.36. The molecule has 7 nitrogen and oxygen atoms in total. The first-order valence-corrected chi connectivity index (χ1v) is 12.1. The number of unbranched alkanes of at least 4 members (excludes halogenated alkanes) is 1. The van der Waals surface area contributed by atoms with E-state index in [9.17, 15) is 14.4 Å². The van der Waals surface area contributed by atoms with Gasteiger partial charge in [-0.2, -0.15) is 0 Å². The molecular formula is C26H43N3O4. The molecule has 7 heteroatoms. The predicted octanol–water partition coefficient (Wildman–Crippen LogP) is 4.74. The fourth-order valence-corrected chi connectivity index (χ4v) is 3.59. The number of hydrogen-bond acceptors (Lipinski definition) is 4. The van der Waals surface area contributed by atoms with E-state index in [-0.39, 0.29) is 17.7 Å². The molecule has 0 saturated carbocycles. The van der Waals surface area contributed by atoms with E-state index in [2.05, 4.69) is 17.6 Å². The van der Waals surface area contributed by atoms with Gasteiger partial charge in [0.1, 0.15) is 17.7 Å². The van der Waals surface area contributed by atoms with Crippen LogP contribution < -0.4 is 10.6 Å². The van der Waals surface area contributed by atoms with Crippen molar-refractivity contribution in [2.45, 2.75) is 92.3 Å². The van der Waals surface area contributed by atoms with Crippen LogP contribution in [0.4, 0.5) is 4.79 Å². The van der Waals surface area contributed by atoms with Crippen molar-refractivity contribution in [3.63, 3.8) is 0 Å². The van der Waals surface area contributed by atoms with Gasteiger partial charge in [0, 0.05) is 13.1 Å². The molecule has 0 radical (unpaired) electrons. The number of nitrogens with zero attached hydrogens (tertiary/aromatic N) is 1. The fourth-order valence-electron chi connectivity index (χ4n) is 3.59. The molecule has 0 bridgehead atoms. The Labute approximate surface area is 199 Å². The maximum Gasteiger partial charge on any atom is 0.408 e. The quantitative estimate of drug-likeness (QED) is 0.466. The fraction of sp³-hybridized carbons (Fsp3) is 0.654. The summed E-state index contributed by atoms with van der Waals surface area (Å²) in [5.41, 5.74) is 1.03. The highest BCUT2D eigenvalue weighted by Crippen LogP contribution is 2.26. The second kappa shape index (κ2) is 13.2. The summed E-state index contributed by atoms with van der Waals surface area (Å²) in [7, 11) is 0. The van der Waals surface area contributed by atoms with Crippen molar-refractivity contribution in [2.75, 3.05) is 13.1 Å². The van der Waals surface area contributed by atoms with Gasteiger partial charge in [-0.1, -0.05) is 57.9 Å². The summed E-state index contributed by atoms with van der Waals surface area (Å²) < 4.78 is 5.40. The number of carbonyl (C=O) groups excluding carboxylic acids is 3. The summed E-state index contributed by atoms with van der Waals surface area (Å²) in [6.07, 6.45) is 1.86. The standard InChI is InChI=1S/C26H43N3O4/c1-9-12-17-27-23(30)22(20-16-14-13-15-19(20)5)29(11-3)24(31)21(18(4)10-2)28-25(32)33-26(6,7)8/h13-16,18,21-22H,9-12,17H2,1-8H3,(H,27,30)(H,28,32). The summed E-state index contributed by atoms with van der Waals surface area (Å²) in [5.74, 6) is -0.649. The molecule has 33 heavy (non-hydrogen) atoms. The first-order valence-electron chi connectivity index (χ1n) is 12.1. The van der Waals surface area contributed by atoms with Crippen molar-refractivity contribution in [1.82, 2.24) is 15.5 Å². The van der Waals surface area contributed by atoms with Crippen molar-refractivity contribution in [2.24, 2.45) is 5.92 Å². The lowest BCUT2D eigenvalue weighted by molar-refractivity contribution is -0.143. The van der Waals surface area contributed by atoms with Crippen LogP contribution in [0, 0.1) is 12.8 Å². The Morgan fingerprint density at radius 1 is 1.09 bits per heavy atom. The highest BCUT2D eigenvalue weighted by Gasteiger charge is 2.37. The summed E-state index contributed by atoms with van der Waals surface area (Å²) in [4.78, 5) is 41.2. The number of aryl methyl sites for hydroxylation is 1. The zero-order valence-electron chi connectivity index (χ0n) is 21.7. The second-order valence-corrected chi connectivity index (χ2v) is 9.54. The van der Waals surface area contributed by atoms with Crippen molar-refractivity contribution in [3.8, 4) is 0 Å². The Kier molecular flexibility index (Phi) is 11.4. The van der Waals surface area contributed by atoms with E-state index < -0.39 is 23.8 Å². The van der Waals surface area contributed by atoms with E-state index in [1.54, 1.807) is 25.7 Å². The third kappa shape index (κ3) is 8.71. The zero-order valence-corrected chi connectivity index (χ0v) is 21.7. The van der Waals surface area contributed by atoms with Gasteiger partial charge in [0.2, 0.25) is 11.8 Å². The molecule has 186 valence electrons. The molecule has 0 saturated heterocycles. The molecule has 0 aliphatic carbocycles. The molecule has 0 fully saturated rings. The number of amides is 3. The van der Waals surface area contributed by atoms with Crippen LogP contribution in [0.15, 0.2) is 24.3 Å². The summed E-state index contributed by atoms with van der Waals surface area (Å²) >= 11 is 0. The predicted molar refractivity (Wildman–Crippen MR) is 132 cm³/mol. The van der Waals surface area contributed by atoms with E-state index in [0.29, 0.717) is 19.5 Å². The van der Waals surface area contributed by atoms with Gasteiger partial charge in [-0.05, 0) is 58.1 Å². The molecule has 3 atom stereocenters. The minimum atomic E-state index is -0.806. The number of ether oxygens (including phenoxy) is 1. The van der Waals surface area contributed by atoms with Crippen molar-refractivity contribution < 1.29 is 19.1 Å². The van der Waals surface area contributed by atoms with Gasteiger partial charge >= 0.3 is 6.09 Å². The smallest absolute Gasteiger partial charge is 0.408 e. The SMILES string of the molecule is CCCCNC(=O)C(c1ccccc1C)N(CC)C(=O)C(NC(=O)OC(C)(C)C)C(C)CC. The van der Waals surface area contributed by atoms with Crippen LogP contribution in [0.2, 0.25) is 0 Å². The maximum atomic E-state index is 13.8. The van der Waals surface area contributed by atoms with Gasteiger partial charge in [-0.15, -0.1) is 0 Å². The third-order valence-electron chi connectivity index (χ3n) is 5.65. The highest BCUT2D eigenvalue weighted by atomic mass is 16.6. The van der Waals surface area contributed by atoms with Crippen LogP contribution in [-0.2, 0) is 14.3 Å². The van der Waals surface area contributed by atoms with Crippen LogP contribution >= 0.6 is 0 Å². The number of benzene rings is 1. The number of carbonyl (C=O) groups is 3. The molecular weight excluding hydrogens is 418 g/mol. The maximum absolute atomic E-state index is 13.8. The van der Waals surface area contributed by atoms with Gasteiger partial charge < -0.3 is 20.3 Å². The van der Waals surface area contributed by atoms with Crippen molar-refractivity contribution in [1.29, 1.82) is 0 Å². The van der Waals surface area contributed by atoms with Crippen LogP contribution in [0.1, 0.15) is 84.9 Å². The Morgan fingerprint density at radius 3 is 2.24 bits per heavy atom. The number of rotatable bonds is 11. The first-order chi connectivity index (χ1) is 15.5. The van der Waals surface area contributed by atoms with E-state index in [1.165, 1.54) is 0 Å². The molecule has 0 aromatic heterocycles. The van der Waals surface area contributed by atoms with Crippen LogP contribution in [0.5, 0.6) is 0 Å². The Hall–Kier alpha value is -2.57. The lowest BCUT2D eigenvalue weighted by atomic mass is 9.94. The Morgan fingerprint density at radius 2 is 1.73 bits per heavy atom. The normalized spacial score (nSPS) is 14.1. The molecule has 1 aromatic carbocycles. The molecule has 0 aliphatic heterocycles. The zero-order chi connectivity index (χ0) is 25.2. The number of alkyl carbamates (subject to hydrolysis) is 1. The highest BCUT2D eigenvalue weighted by molar-refractivity contribution is 5.92. The molecule has 1 rings (SSSR count). The second-order valence-electron chi connectivity index (χ2n) is 9.54. The number of nitrogens with one attached hydrogen (secondary N) is 2. The largest absolute Gasteiger partial charge is 0.444 e. The molecule has 2 N–H and O–H groups in total. The minimum Gasteiger partial charge on any atom is -0.444 e. The number of likely N-dealkylation sites (N-methyl/N-ethyl adjacent to an activating group) is 1. The molecule has 0 aliphatic rings. The van der Waals surface area contributed by atoms with Crippen LogP contribution in [0.25, 0.3) is 0 Å². The van der Waals surface area contributed by atoms with E-state index in [0.717, 1.165) is 24.0 Å². The molecule has 0 spiro atoms. The Bertz CT molecular complexity index is 788. The monoisotopic (exact) mass is 461 g/mol. The summed E-state index contributed by atoms with van der Waals surface area (Å²) in [6, 6.07) is 6.01. The van der Waals surface area contributed by atoms with Crippen molar-refractivity contribution >= 4 is 17.9 Å². The van der Waals surface area contributed by atoms with Crippen molar-refractivity contribution in [3.05, 3.63) is 35.4 Å². The average molecular weight is 462 g/mol. The Balaban J connectivity index is 3.34. The van der Waals surface area contributed by atoms with Gasteiger partial charge in [0.15, 0.2) is 0 Å². The van der Waals surface area contributed by atoms with E-state index in [4.69, 9.17) is 4.74 Å². The van der Waals surface area contributed by atoms with Gasteiger partial charge in [-0.25, -0.2) is 4.79 Å². The average Bonchev–Trinajstić information content (AvgIpc) is 2.74. The van der Waals surface area contributed by atoms with Gasteiger partial charge in [0.25, 0.3) is 0 Å². The molecule has 3 amide bonds. The first kappa shape index (κ1) is 28.5. The molecule has 3 unspecified atom stereocenters. The van der Waals surface area contributed by atoms with E-state index in [1.807, 2.05) is 52.0 Å². The van der Waals surface area contributed by atoms with Gasteiger partial charge in [0.05, 0.1) is 0 Å². The molecule has 1 aromatic rings. The topological polar surface area (TPSA) is 87.7 Å². The minimum absolute atomic E-state index is 0.139.